The van der Waals surface area contributed by atoms with Crippen molar-refractivity contribution in [3.63, 3.8) is 0 Å². The van der Waals surface area contributed by atoms with Gasteiger partial charge in [0.25, 0.3) is 0 Å². The lowest BCUT2D eigenvalue weighted by Gasteiger charge is -2.34. The van der Waals surface area contributed by atoms with Gasteiger partial charge >= 0.3 is 5.97 Å². The lowest BCUT2D eigenvalue weighted by atomic mass is 9.95. The third-order valence-corrected chi connectivity index (χ3v) is 2.70. The monoisotopic (exact) mass is 186 g/mol. The largest absolute Gasteiger partial charge is 0.481 e. The van der Waals surface area contributed by atoms with Gasteiger partial charge in [0, 0.05) is 19.1 Å². The van der Waals surface area contributed by atoms with E-state index in [1.807, 2.05) is 0 Å². The summed E-state index contributed by atoms with van der Waals surface area (Å²) in [6.07, 6.45) is 1.22. The van der Waals surface area contributed by atoms with Gasteiger partial charge in [-0.2, -0.15) is 0 Å². The second-order valence-corrected chi connectivity index (χ2v) is 3.87. The van der Waals surface area contributed by atoms with E-state index in [-0.39, 0.29) is 6.42 Å². The van der Waals surface area contributed by atoms with Crippen molar-refractivity contribution in [1.29, 1.82) is 0 Å². The summed E-state index contributed by atoms with van der Waals surface area (Å²) in [4.78, 5) is 12.5. The molecule has 0 aliphatic carbocycles. The summed E-state index contributed by atoms with van der Waals surface area (Å²) < 4.78 is 0. The minimum atomic E-state index is -0.720. The van der Waals surface area contributed by atoms with Crippen molar-refractivity contribution in [2.24, 2.45) is 11.7 Å². The van der Waals surface area contributed by atoms with Crippen molar-refractivity contribution in [3.8, 4) is 0 Å². The minimum Gasteiger partial charge on any atom is -0.481 e. The maximum absolute atomic E-state index is 10.3. The molecule has 2 unspecified atom stereocenters. The van der Waals surface area contributed by atoms with E-state index in [0.717, 1.165) is 19.5 Å². The van der Waals surface area contributed by atoms with Gasteiger partial charge in [-0.15, -0.1) is 0 Å². The lowest BCUT2D eigenvalue weighted by Crippen LogP contribution is -2.46. The smallest absolute Gasteiger partial charge is 0.304 e. The Morgan fingerprint density at radius 2 is 2.38 bits per heavy atom. The molecule has 2 atom stereocenters. The predicted octanol–water partition coefficient (Wildman–Crippen LogP) is 0.130. The second-order valence-electron chi connectivity index (χ2n) is 3.87. The highest BCUT2D eigenvalue weighted by atomic mass is 16.4. The molecule has 1 aliphatic rings. The molecule has 13 heavy (non-hydrogen) atoms. The highest BCUT2D eigenvalue weighted by Crippen LogP contribution is 2.14. The van der Waals surface area contributed by atoms with Gasteiger partial charge < -0.3 is 15.7 Å². The summed E-state index contributed by atoms with van der Waals surface area (Å²) in [5.41, 5.74) is 5.85. The highest BCUT2D eigenvalue weighted by Gasteiger charge is 2.22. The normalized spacial score (nSPS) is 30.3. The van der Waals surface area contributed by atoms with Crippen LogP contribution in [0.2, 0.25) is 0 Å². The molecule has 1 fully saturated rings. The van der Waals surface area contributed by atoms with Gasteiger partial charge in [0.15, 0.2) is 0 Å². The van der Waals surface area contributed by atoms with Crippen LogP contribution in [0.5, 0.6) is 0 Å². The van der Waals surface area contributed by atoms with Crippen LogP contribution in [0.25, 0.3) is 0 Å². The molecule has 1 rings (SSSR count). The van der Waals surface area contributed by atoms with Crippen LogP contribution >= 0.6 is 0 Å². The average molecular weight is 186 g/mol. The second kappa shape index (κ2) is 4.58. The predicted molar refractivity (Wildman–Crippen MR) is 50.4 cm³/mol. The third kappa shape index (κ3) is 3.32. The quantitative estimate of drug-likeness (QED) is 0.657. The first-order valence-electron chi connectivity index (χ1n) is 4.79. The number of hydrogen-bond donors (Lipinski definition) is 2. The first-order valence-corrected chi connectivity index (χ1v) is 4.79. The highest BCUT2D eigenvalue weighted by molar-refractivity contribution is 5.66. The number of carbonyl (C=O) groups is 1. The van der Waals surface area contributed by atoms with Gasteiger partial charge in [-0.25, -0.2) is 0 Å². The summed E-state index contributed by atoms with van der Waals surface area (Å²) in [7, 11) is 0. The number of piperidine rings is 1. The molecule has 0 bridgehead atoms. The molecule has 76 valence electrons. The van der Waals surface area contributed by atoms with E-state index in [0.29, 0.717) is 18.5 Å². The summed E-state index contributed by atoms with van der Waals surface area (Å²) in [6.45, 7) is 4.66. The standard InChI is InChI=1S/C9H18N2O2/c1-7-6-11(4-2-8(7)10)5-3-9(12)13/h7-8H,2-6,10H2,1H3,(H,12,13). The Bertz CT molecular complexity index is 184. The van der Waals surface area contributed by atoms with Crippen molar-refractivity contribution >= 4 is 5.97 Å². The SMILES string of the molecule is CC1CN(CCC(=O)O)CCC1N. The minimum absolute atomic E-state index is 0.238. The van der Waals surface area contributed by atoms with Crippen LogP contribution < -0.4 is 5.73 Å². The number of carboxylic acids is 1. The first-order chi connectivity index (χ1) is 6.09. The van der Waals surface area contributed by atoms with Crippen molar-refractivity contribution < 1.29 is 9.90 Å². The molecule has 0 aromatic carbocycles. The molecule has 4 heteroatoms. The molecule has 0 amide bonds. The van der Waals surface area contributed by atoms with Crippen molar-refractivity contribution in [2.45, 2.75) is 25.8 Å². The van der Waals surface area contributed by atoms with Crippen LogP contribution in [0.1, 0.15) is 19.8 Å². The fourth-order valence-electron chi connectivity index (χ4n) is 1.71. The third-order valence-electron chi connectivity index (χ3n) is 2.70. The van der Waals surface area contributed by atoms with Crippen LogP contribution in [-0.2, 0) is 4.79 Å². The zero-order chi connectivity index (χ0) is 9.84. The number of hydrogen-bond acceptors (Lipinski definition) is 3. The molecule has 0 radical (unpaired) electrons. The van der Waals surface area contributed by atoms with Gasteiger partial charge in [-0.3, -0.25) is 4.79 Å². The maximum Gasteiger partial charge on any atom is 0.304 e. The molecular formula is C9H18N2O2. The summed E-state index contributed by atoms with van der Waals surface area (Å²) in [5.74, 6) is -0.231. The van der Waals surface area contributed by atoms with Gasteiger partial charge in [0.2, 0.25) is 0 Å². The Labute approximate surface area is 78.7 Å². The van der Waals surface area contributed by atoms with E-state index in [1.165, 1.54) is 0 Å². The summed E-state index contributed by atoms with van der Waals surface area (Å²) in [5, 5.41) is 8.51. The molecule has 0 aromatic heterocycles. The number of nitrogens with zero attached hydrogens (tertiary/aromatic N) is 1. The fraction of sp³-hybridized carbons (Fsp3) is 0.889. The molecule has 0 saturated carbocycles. The van der Waals surface area contributed by atoms with Gasteiger partial charge in [0.1, 0.15) is 0 Å². The van der Waals surface area contributed by atoms with Crippen molar-refractivity contribution in [2.75, 3.05) is 19.6 Å². The Morgan fingerprint density at radius 1 is 1.69 bits per heavy atom. The van der Waals surface area contributed by atoms with Gasteiger partial charge in [0.05, 0.1) is 6.42 Å². The molecule has 3 N–H and O–H groups in total. The first kappa shape index (κ1) is 10.5. The number of carboxylic acid groups (broad SMARTS) is 1. The summed E-state index contributed by atoms with van der Waals surface area (Å²) in [6, 6.07) is 0.293. The maximum atomic E-state index is 10.3. The van der Waals surface area contributed by atoms with E-state index < -0.39 is 5.97 Å². The van der Waals surface area contributed by atoms with E-state index >= 15 is 0 Å². The van der Waals surface area contributed by atoms with Gasteiger partial charge in [-0.1, -0.05) is 6.92 Å². The van der Waals surface area contributed by atoms with Crippen LogP contribution in [0.4, 0.5) is 0 Å². The zero-order valence-electron chi connectivity index (χ0n) is 8.07. The Hall–Kier alpha value is -0.610. The number of rotatable bonds is 3. The number of aliphatic carboxylic acids is 1. The fourth-order valence-corrected chi connectivity index (χ4v) is 1.71. The topological polar surface area (TPSA) is 66.6 Å². The van der Waals surface area contributed by atoms with Crippen LogP contribution in [0.15, 0.2) is 0 Å². The average Bonchev–Trinajstić information content (AvgIpc) is 2.07. The molecule has 1 heterocycles. The molecular weight excluding hydrogens is 168 g/mol. The van der Waals surface area contributed by atoms with Crippen molar-refractivity contribution in [1.82, 2.24) is 4.90 Å². The van der Waals surface area contributed by atoms with Gasteiger partial charge in [-0.05, 0) is 18.9 Å². The summed E-state index contributed by atoms with van der Waals surface area (Å²) >= 11 is 0. The molecule has 0 spiro atoms. The molecule has 4 nitrogen and oxygen atoms in total. The Morgan fingerprint density at radius 3 is 2.92 bits per heavy atom. The number of nitrogens with two attached hydrogens (primary N) is 1. The van der Waals surface area contributed by atoms with E-state index in [9.17, 15) is 4.79 Å². The molecule has 0 aromatic rings. The molecule has 1 aliphatic heterocycles. The Balaban J connectivity index is 2.25. The van der Waals surface area contributed by atoms with Crippen molar-refractivity contribution in [3.05, 3.63) is 0 Å². The van der Waals surface area contributed by atoms with Crippen LogP contribution in [0.3, 0.4) is 0 Å². The zero-order valence-corrected chi connectivity index (χ0v) is 8.07. The van der Waals surface area contributed by atoms with E-state index in [4.69, 9.17) is 10.8 Å². The van der Waals surface area contributed by atoms with E-state index in [1.54, 1.807) is 0 Å². The Kier molecular flexibility index (Phi) is 3.69. The van der Waals surface area contributed by atoms with Crippen LogP contribution in [0, 0.1) is 5.92 Å². The number of likely N-dealkylation sites (tertiary alicyclic amines) is 1. The van der Waals surface area contributed by atoms with E-state index in [2.05, 4.69) is 11.8 Å². The molecule has 1 saturated heterocycles. The lowest BCUT2D eigenvalue weighted by molar-refractivity contribution is -0.137. The van der Waals surface area contributed by atoms with Crippen LogP contribution in [-0.4, -0.2) is 41.7 Å².